The molecule has 0 aromatic heterocycles. The summed E-state index contributed by atoms with van der Waals surface area (Å²) >= 11 is 3.39. The molecule has 2 fully saturated rings. The predicted octanol–water partition coefficient (Wildman–Crippen LogP) is 3.25. The Bertz CT molecular complexity index is 519. The molecule has 3 rings (SSSR count). The van der Waals surface area contributed by atoms with Gasteiger partial charge in [-0.3, -0.25) is 10.1 Å². The highest BCUT2D eigenvalue weighted by Crippen LogP contribution is 2.32. The van der Waals surface area contributed by atoms with Crippen molar-refractivity contribution in [2.45, 2.75) is 25.3 Å². The molecular weight excluding hydrogens is 322 g/mol. The fraction of sp³-hybridized carbons (Fsp3) is 0.571. The Morgan fingerprint density at radius 1 is 1.40 bits per heavy atom. The number of hydrogen-bond donors (Lipinski definition) is 1. The van der Waals surface area contributed by atoms with Crippen LogP contribution in [0.15, 0.2) is 22.7 Å². The van der Waals surface area contributed by atoms with E-state index in [-0.39, 0.29) is 10.6 Å². The molecule has 20 heavy (non-hydrogen) atoms. The molecular formula is C14H18BrN3O2. The summed E-state index contributed by atoms with van der Waals surface area (Å²) in [4.78, 5) is 12.9. The Balaban J connectivity index is 1.54. The quantitative estimate of drug-likeness (QED) is 0.660. The second kappa shape index (κ2) is 5.69. The van der Waals surface area contributed by atoms with Crippen LogP contribution in [-0.2, 0) is 0 Å². The summed E-state index contributed by atoms with van der Waals surface area (Å²) < 4.78 is 0.753. The van der Waals surface area contributed by atoms with Crippen LogP contribution in [0.25, 0.3) is 0 Å². The molecule has 6 heteroatoms. The fourth-order valence-electron chi connectivity index (χ4n) is 2.82. The molecule has 0 radical (unpaired) electrons. The average molecular weight is 340 g/mol. The molecule has 1 aromatic rings. The predicted molar refractivity (Wildman–Crippen MR) is 82.0 cm³/mol. The monoisotopic (exact) mass is 339 g/mol. The molecule has 0 amide bonds. The number of non-ortho nitro benzene ring substituents is 1. The van der Waals surface area contributed by atoms with Gasteiger partial charge in [-0.25, -0.2) is 0 Å². The van der Waals surface area contributed by atoms with Gasteiger partial charge in [-0.05, 0) is 53.7 Å². The van der Waals surface area contributed by atoms with Gasteiger partial charge in [0.1, 0.15) is 0 Å². The standard InChI is InChI=1S/C14H18BrN3O2/c15-13-7-12(18(19)20)3-4-14(13)16-8-10-5-6-17(9-10)11-1-2-11/h3-4,7,10-11,16H,1-2,5-6,8-9H2. The van der Waals surface area contributed by atoms with Crippen LogP contribution in [0.2, 0.25) is 0 Å². The van der Waals surface area contributed by atoms with Gasteiger partial charge in [-0.2, -0.15) is 0 Å². The minimum Gasteiger partial charge on any atom is -0.384 e. The van der Waals surface area contributed by atoms with Gasteiger partial charge >= 0.3 is 0 Å². The van der Waals surface area contributed by atoms with E-state index in [2.05, 4.69) is 26.1 Å². The summed E-state index contributed by atoms with van der Waals surface area (Å²) in [7, 11) is 0. The largest absolute Gasteiger partial charge is 0.384 e. The Morgan fingerprint density at radius 3 is 2.85 bits per heavy atom. The smallest absolute Gasteiger partial charge is 0.270 e. The topological polar surface area (TPSA) is 58.4 Å². The molecule has 0 spiro atoms. The van der Waals surface area contributed by atoms with E-state index in [4.69, 9.17) is 0 Å². The van der Waals surface area contributed by atoms with Crippen molar-refractivity contribution >= 4 is 27.3 Å². The maximum atomic E-state index is 10.7. The molecule has 1 N–H and O–H groups in total. The molecule has 1 atom stereocenters. The van der Waals surface area contributed by atoms with Crippen LogP contribution < -0.4 is 5.32 Å². The molecule has 1 heterocycles. The van der Waals surface area contributed by atoms with Crippen molar-refractivity contribution in [3.63, 3.8) is 0 Å². The summed E-state index contributed by atoms with van der Waals surface area (Å²) in [5.74, 6) is 0.678. The number of nitro benzene ring substituents is 1. The van der Waals surface area contributed by atoms with E-state index in [9.17, 15) is 10.1 Å². The molecule has 1 aliphatic heterocycles. The van der Waals surface area contributed by atoms with E-state index in [1.165, 1.54) is 38.4 Å². The molecule has 1 aromatic carbocycles. The highest BCUT2D eigenvalue weighted by atomic mass is 79.9. The molecule has 1 aliphatic carbocycles. The molecule has 2 aliphatic rings. The minimum atomic E-state index is -0.376. The Kier molecular flexibility index (Phi) is 3.94. The van der Waals surface area contributed by atoms with Gasteiger partial charge in [0.05, 0.1) is 4.92 Å². The van der Waals surface area contributed by atoms with Crippen LogP contribution in [0.3, 0.4) is 0 Å². The van der Waals surface area contributed by atoms with Gasteiger partial charge in [0, 0.05) is 41.4 Å². The van der Waals surface area contributed by atoms with E-state index in [1.807, 2.05) is 0 Å². The molecule has 0 bridgehead atoms. The van der Waals surface area contributed by atoms with Gasteiger partial charge in [-0.15, -0.1) is 0 Å². The van der Waals surface area contributed by atoms with Gasteiger partial charge in [0.25, 0.3) is 5.69 Å². The van der Waals surface area contributed by atoms with E-state index in [0.717, 1.165) is 22.7 Å². The summed E-state index contributed by atoms with van der Waals surface area (Å²) in [5.41, 5.74) is 1.05. The van der Waals surface area contributed by atoms with Crippen LogP contribution in [0.5, 0.6) is 0 Å². The number of nitro groups is 1. The van der Waals surface area contributed by atoms with Crippen molar-refractivity contribution in [3.8, 4) is 0 Å². The number of benzene rings is 1. The van der Waals surface area contributed by atoms with Crippen LogP contribution in [-0.4, -0.2) is 35.5 Å². The van der Waals surface area contributed by atoms with E-state index in [0.29, 0.717) is 5.92 Å². The summed E-state index contributed by atoms with van der Waals surface area (Å²) in [6.45, 7) is 3.33. The van der Waals surface area contributed by atoms with Crippen molar-refractivity contribution in [1.29, 1.82) is 0 Å². The van der Waals surface area contributed by atoms with Crippen molar-refractivity contribution < 1.29 is 4.92 Å². The first-order chi connectivity index (χ1) is 9.63. The lowest BCUT2D eigenvalue weighted by atomic mass is 10.1. The second-order valence-electron chi connectivity index (χ2n) is 5.68. The number of likely N-dealkylation sites (tertiary alicyclic amines) is 1. The van der Waals surface area contributed by atoms with E-state index in [1.54, 1.807) is 12.1 Å². The average Bonchev–Trinajstić information content (AvgIpc) is 3.17. The first-order valence-corrected chi connectivity index (χ1v) is 7.84. The summed E-state index contributed by atoms with van der Waals surface area (Å²) in [6.07, 6.45) is 3.98. The lowest BCUT2D eigenvalue weighted by Gasteiger charge is -2.16. The first kappa shape index (κ1) is 13.8. The highest BCUT2D eigenvalue weighted by Gasteiger charge is 2.34. The molecule has 108 valence electrons. The fourth-order valence-corrected chi connectivity index (χ4v) is 3.32. The number of anilines is 1. The van der Waals surface area contributed by atoms with Gasteiger partial charge in [0.2, 0.25) is 0 Å². The normalized spacial score (nSPS) is 22.9. The molecule has 1 saturated carbocycles. The summed E-state index contributed by atoms with van der Waals surface area (Å²) in [6, 6.07) is 5.72. The van der Waals surface area contributed by atoms with Crippen LogP contribution >= 0.6 is 15.9 Å². The Labute approximate surface area is 126 Å². The molecule has 1 saturated heterocycles. The SMILES string of the molecule is O=[N+]([O-])c1ccc(NCC2CCN(C3CC3)C2)c(Br)c1. The van der Waals surface area contributed by atoms with Crippen LogP contribution in [0.1, 0.15) is 19.3 Å². The second-order valence-corrected chi connectivity index (χ2v) is 6.54. The lowest BCUT2D eigenvalue weighted by molar-refractivity contribution is -0.384. The zero-order valence-electron chi connectivity index (χ0n) is 11.2. The Morgan fingerprint density at radius 2 is 2.20 bits per heavy atom. The third kappa shape index (κ3) is 3.12. The van der Waals surface area contributed by atoms with Gasteiger partial charge in [0.15, 0.2) is 0 Å². The number of nitrogens with zero attached hydrogens (tertiary/aromatic N) is 2. The number of nitrogens with one attached hydrogen (secondary N) is 1. The van der Waals surface area contributed by atoms with Gasteiger partial charge < -0.3 is 10.2 Å². The summed E-state index contributed by atoms with van der Waals surface area (Å²) in [5, 5.41) is 14.1. The third-order valence-electron chi connectivity index (χ3n) is 4.13. The van der Waals surface area contributed by atoms with Crippen LogP contribution in [0, 0.1) is 16.0 Å². The molecule has 1 unspecified atom stereocenters. The maximum Gasteiger partial charge on any atom is 0.270 e. The van der Waals surface area contributed by atoms with Crippen LogP contribution in [0.4, 0.5) is 11.4 Å². The first-order valence-electron chi connectivity index (χ1n) is 7.05. The third-order valence-corrected chi connectivity index (χ3v) is 4.78. The number of hydrogen-bond acceptors (Lipinski definition) is 4. The Hall–Kier alpha value is -1.14. The number of halogens is 1. The van der Waals surface area contributed by atoms with E-state index >= 15 is 0 Å². The van der Waals surface area contributed by atoms with E-state index < -0.39 is 0 Å². The zero-order chi connectivity index (χ0) is 14.1. The maximum absolute atomic E-state index is 10.7. The van der Waals surface area contributed by atoms with Crippen molar-refractivity contribution in [1.82, 2.24) is 4.90 Å². The van der Waals surface area contributed by atoms with Gasteiger partial charge in [-0.1, -0.05) is 0 Å². The highest BCUT2D eigenvalue weighted by molar-refractivity contribution is 9.10. The molecule has 5 nitrogen and oxygen atoms in total. The zero-order valence-corrected chi connectivity index (χ0v) is 12.8. The van der Waals surface area contributed by atoms with Crippen molar-refractivity contribution in [2.75, 3.05) is 25.0 Å². The van der Waals surface area contributed by atoms with Crippen molar-refractivity contribution in [2.24, 2.45) is 5.92 Å². The number of rotatable bonds is 5. The van der Waals surface area contributed by atoms with Crippen molar-refractivity contribution in [3.05, 3.63) is 32.8 Å². The minimum absolute atomic E-state index is 0.114. The lowest BCUT2D eigenvalue weighted by Crippen LogP contribution is -2.24.